The lowest BCUT2D eigenvalue weighted by atomic mass is 10.1. The zero-order valence-electron chi connectivity index (χ0n) is 12.1. The molecule has 1 fully saturated rings. The van der Waals surface area contributed by atoms with Crippen molar-refractivity contribution in [2.45, 2.75) is 13.0 Å². The third kappa shape index (κ3) is 2.58. The minimum absolute atomic E-state index is 0.0180. The first kappa shape index (κ1) is 14.3. The average molecular weight is 273 g/mol. The number of rotatable bonds is 2. The SMILES string of the molecule is Cc1ccnc(N2CCNCC2C(=O)N(C)C)c1C#N. The topological polar surface area (TPSA) is 72.3 Å². The molecule has 0 saturated carbocycles. The first-order valence-corrected chi connectivity index (χ1v) is 6.60. The van der Waals surface area contributed by atoms with E-state index in [1.165, 1.54) is 0 Å². The van der Waals surface area contributed by atoms with Crippen LogP contribution in [-0.2, 0) is 4.79 Å². The van der Waals surface area contributed by atoms with Crippen molar-refractivity contribution in [3.05, 3.63) is 23.4 Å². The Hall–Kier alpha value is -2.13. The van der Waals surface area contributed by atoms with Crippen molar-refractivity contribution in [2.24, 2.45) is 0 Å². The molecule has 20 heavy (non-hydrogen) atoms. The van der Waals surface area contributed by atoms with Crippen LogP contribution in [-0.4, -0.2) is 55.6 Å². The van der Waals surface area contributed by atoms with Gasteiger partial charge in [-0.3, -0.25) is 4.79 Å². The molecular formula is C14H19N5O. The molecule has 1 aliphatic rings. The number of aromatic nitrogens is 1. The maximum Gasteiger partial charge on any atom is 0.246 e. The highest BCUT2D eigenvalue weighted by molar-refractivity contribution is 5.85. The summed E-state index contributed by atoms with van der Waals surface area (Å²) >= 11 is 0. The molecule has 0 bridgehead atoms. The Morgan fingerprint density at radius 3 is 3.00 bits per heavy atom. The Balaban J connectivity index is 2.41. The summed E-state index contributed by atoms with van der Waals surface area (Å²) in [5.41, 5.74) is 1.43. The number of aryl methyl sites for hydroxylation is 1. The maximum atomic E-state index is 12.3. The molecule has 1 atom stereocenters. The summed E-state index contributed by atoms with van der Waals surface area (Å²) in [6.07, 6.45) is 1.69. The molecule has 0 spiro atoms. The summed E-state index contributed by atoms with van der Waals surface area (Å²) in [5.74, 6) is 0.624. The summed E-state index contributed by atoms with van der Waals surface area (Å²) in [4.78, 5) is 20.1. The number of likely N-dealkylation sites (N-methyl/N-ethyl adjacent to an activating group) is 1. The zero-order chi connectivity index (χ0) is 14.7. The Morgan fingerprint density at radius 2 is 2.35 bits per heavy atom. The van der Waals surface area contributed by atoms with Crippen molar-refractivity contribution in [2.75, 3.05) is 38.6 Å². The monoisotopic (exact) mass is 273 g/mol. The standard InChI is InChI=1S/C14H19N5O/c1-10-4-5-17-13(11(10)8-15)19-7-6-16-9-12(19)14(20)18(2)3/h4-5,12,16H,6-7,9H2,1-3H3. The second-order valence-corrected chi connectivity index (χ2v) is 5.08. The molecule has 0 aromatic carbocycles. The molecule has 0 aliphatic carbocycles. The normalized spacial score (nSPS) is 18.5. The van der Waals surface area contributed by atoms with Crippen molar-refractivity contribution >= 4 is 11.7 Å². The van der Waals surface area contributed by atoms with Crippen LogP contribution in [0.1, 0.15) is 11.1 Å². The van der Waals surface area contributed by atoms with Crippen molar-refractivity contribution in [3.8, 4) is 6.07 Å². The van der Waals surface area contributed by atoms with Gasteiger partial charge < -0.3 is 15.1 Å². The van der Waals surface area contributed by atoms with E-state index >= 15 is 0 Å². The van der Waals surface area contributed by atoms with Crippen LogP contribution in [0.4, 0.5) is 5.82 Å². The highest BCUT2D eigenvalue weighted by Crippen LogP contribution is 2.23. The molecule has 1 amide bonds. The molecule has 6 heteroatoms. The number of carbonyl (C=O) groups excluding carboxylic acids is 1. The van der Waals surface area contributed by atoms with Gasteiger partial charge in [0.1, 0.15) is 17.9 Å². The quantitative estimate of drug-likeness (QED) is 0.829. The van der Waals surface area contributed by atoms with Gasteiger partial charge in [-0.05, 0) is 18.6 Å². The van der Waals surface area contributed by atoms with Gasteiger partial charge >= 0.3 is 0 Å². The number of hydrogen-bond acceptors (Lipinski definition) is 5. The number of anilines is 1. The molecule has 1 aromatic heterocycles. The second-order valence-electron chi connectivity index (χ2n) is 5.08. The summed E-state index contributed by atoms with van der Waals surface area (Å²) in [6.45, 7) is 3.89. The number of carbonyl (C=O) groups is 1. The third-order valence-corrected chi connectivity index (χ3v) is 3.49. The molecule has 2 heterocycles. The van der Waals surface area contributed by atoms with Crippen LogP contribution < -0.4 is 10.2 Å². The average Bonchev–Trinajstić information content (AvgIpc) is 2.46. The van der Waals surface area contributed by atoms with Crippen LogP contribution >= 0.6 is 0 Å². The maximum absolute atomic E-state index is 12.3. The zero-order valence-corrected chi connectivity index (χ0v) is 12.1. The van der Waals surface area contributed by atoms with Crippen LogP contribution in [0.3, 0.4) is 0 Å². The van der Waals surface area contributed by atoms with E-state index in [0.717, 1.165) is 12.1 Å². The van der Waals surface area contributed by atoms with E-state index in [-0.39, 0.29) is 11.9 Å². The summed E-state index contributed by atoms with van der Waals surface area (Å²) < 4.78 is 0. The van der Waals surface area contributed by atoms with E-state index in [0.29, 0.717) is 24.5 Å². The summed E-state index contributed by atoms with van der Waals surface area (Å²) in [6, 6.07) is 3.69. The van der Waals surface area contributed by atoms with Crippen LogP contribution in [0.5, 0.6) is 0 Å². The molecule has 1 unspecified atom stereocenters. The van der Waals surface area contributed by atoms with Gasteiger partial charge in [-0.2, -0.15) is 5.26 Å². The van der Waals surface area contributed by atoms with Crippen LogP contribution in [0.25, 0.3) is 0 Å². The van der Waals surface area contributed by atoms with E-state index in [1.807, 2.05) is 17.9 Å². The van der Waals surface area contributed by atoms with Crippen LogP contribution in [0.15, 0.2) is 12.3 Å². The number of nitrogens with zero attached hydrogens (tertiary/aromatic N) is 4. The molecule has 2 rings (SSSR count). The minimum Gasteiger partial charge on any atom is -0.347 e. The van der Waals surface area contributed by atoms with Crippen molar-refractivity contribution in [3.63, 3.8) is 0 Å². The molecule has 1 N–H and O–H groups in total. The van der Waals surface area contributed by atoms with Gasteiger partial charge in [-0.25, -0.2) is 4.98 Å². The second kappa shape index (κ2) is 5.88. The van der Waals surface area contributed by atoms with Crippen molar-refractivity contribution in [1.82, 2.24) is 15.2 Å². The Kier molecular flexibility index (Phi) is 4.20. The van der Waals surface area contributed by atoms with Crippen LogP contribution in [0, 0.1) is 18.3 Å². The van der Waals surface area contributed by atoms with Gasteiger partial charge in [0, 0.05) is 39.9 Å². The third-order valence-electron chi connectivity index (χ3n) is 3.49. The number of hydrogen-bond donors (Lipinski definition) is 1. The molecule has 1 aromatic rings. The predicted molar refractivity (Wildman–Crippen MR) is 76.4 cm³/mol. The largest absolute Gasteiger partial charge is 0.347 e. The first-order chi connectivity index (χ1) is 9.56. The van der Waals surface area contributed by atoms with E-state index in [9.17, 15) is 10.1 Å². The van der Waals surface area contributed by atoms with Gasteiger partial charge in [0.15, 0.2) is 0 Å². The lowest BCUT2D eigenvalue weighted by Gasteiger charge is -2.37. The number of piperazine rings is 1. The lowest BCUT2D eigenvalue weighted by Crippen LogP contribution is -2.58. The van der Waals surface area contributed by atoms with Gasteiger partial charge in [0.05, 0.1) is 5.56 Å². The fraction of sp³-hybridized carbons (Fsp3) is 0.500. The summed E-state index contributed by atoms with van der Waals surface area (Å²) in [7, 11) is 3.48. The molecule has 106 valence electrons. The fourth-order valence-electron chi connectivity index (χ4n) is 2.38. The number of amides is 1. The van der Waals surface area contributed by atoms with Crippen molar-refractivity contribution < 1.29 is 4.79 Å². The smallest absolute Gasteiger partial charge is 0.246 e. The summed E-state index contributed by atoms with van der Waals surface area (Å²) in [5, 5.41) is 12.6. The number of pyridine rings is 1. The van der Waals surface area contributed by atoms with E-state index in [2.05, 4.69) is 16.4 Å². The van der Waals surface area contributed by atoms with E-state index < -0.39 is 0 Å². The van der Waals surface area contributed by atoms with Gasteiger partial charge in [-0.15, -0.1) is 0 Å². The lowest BCUT2D eigenvalue weighted by molar-refractivity contribution is -0.130. The van der Waals surface area contributed by atoms with Crippen molar-refractivity contribution in [1.29, 1.82) is 5.26 Å². The first-order valence-electron chi connectivity index (χ1n) is 6.60. The van der Waals surface area contributed by atoms with Crippen LogP contribution in [0.2, 0.25) is 0 Å². The number of nitriles is 1. The highest BCUT2D eigenvalue weighted by Gasteiger charge is 2.32. The molecular weight excluding hydrogens is 254 g/mol. The molecule has 1 aliphatic heterocycles. The minimum atomic E-state index is -0.319. The fourth-order valence-corrected chi connectivity index (χ4v) is 2.38. The Bertz CT molecular complexity index is 549. The number of nitrogens with one attached hydrogen (secondary N) is 1. The van der Waals surface area contributed by atoms with Gasteiger partial charge in [0.2, 0.25) is 5.91 Å². The predicted octanol–water partition coefficient (Wildman–Crippen LogP) is 0.128. The van der Waals surface area contributed by atoms with E-state index in [1.54, 1.807) is 25.2 Å². The van der Waals surface area contributed by atoms with Gasteiger partial charge in [-0.1, -0.05) is 0 Å². The van der Waals surface area contributed by atoms with Gasteiger partial charge in [0.25, 0.3) is 0 Å². The molecule has 0 radical (unpaired) electrons. The molecule has 1 saturated heterocycles. The molecule has 6 nitrogen and oxygen atoms in total. The van der Waals surface area contributed by atoms with E-state index in [4.69, 9.17) is 0 Å². The highest BCUT2D eigenvalue weighted by atomic mass is 16.2. The Labute approximate surface area is 119 Å². The Morgan fingerprint density at radius 1 is 1.60 bits per heavy atom.